The second kappa shape index (κ2) is 5.41. The Hall–Kier alpha value is -0.250. The monoisotopic (exact) mass is 184 g/mol. The van der Waals surface area contributed by atoms with E-state index in [0.29, 0.717) is 12.8 Å². The van der Waals surface area contributed by atoms with E-state index in [-0.39, 0.29) is 0 Å². The van der Waals surface area contributed by atoms with Crippen molar-refractivity contribution in [2.75, 3.05) is 7.11 Å². The number of halogens is 3. The molecule has 12 heavy (non-hydrogen) atoms. The lowest BCUT2D eigenvalue weighted by molar-refractivity contribution is -0.181. The van der Waals surface area contributed by atoms with Gasteiger partial charge in [0.05, 0.1) is 5.92 Å². The first-order valence-corrected chi connectivity index (χ1v) is 4.12. The van der Waals surface area contributed by atoms with Crippen LogP contribution >= 0.6 is 0 Å². The summed E-state index contributed by atoms with van der Waals surface area (Å²) in [6.45, 7) is 0. The quantitative estimate of drug-likeness (QED) is 0.613. The van der Waals surface area contributed by atoms with Gasteiger partial charge in [0.2, 0.25) is 0 Å². The number of alkyl halides is 3. The van der Waals surface area contributed by atoms with Gasteiger partial charge in [0.15, 0.2) is 0 Å². The second-order valence-corrected chi connectivity index (χ2v) is 2.88. The van der Waals surface area contributed by atoms with E-state index in [9.17, 15) is 13.2 Å². The molecule has 1 nitrogen and oxygen atoms in total. The zero-order valence-corrected chi connectivity index (χ0v) is 7.19. The minimum Gasteiger partial charge on any atom is -0.400 e. The summed E-state index contributed by atoms with van der Waals surface area (Å²) >= 11 is 0. The fraction of sp³-hybridized carbons (Fsp3) is 1.00. The van der Waals surface area contributed by atoms with Crippen LogP contribution in [0.15, 0.2) is 0 Å². The number of hydrogen-bond donors (Lipinski definition) is 1. The van der Waals surface area contributed by atoms with Gasteiger partial charge in [-0.2, -0.15) is 13.2 Å². The van der Waals surface area contributed by atoms with Gasteiger partial charge < -0.3 is 5.11 Å². The van der Waals surface area contributed by atoms with E-state index in [1.54, 1.807) is 0 Å². The maximum absolute atomic E-state index is 11.9. The molecule has 1 fully saturated rings. The minimum absolute atomic E-state index is 0.351. The van der Waals surface area contributed by atoms with Crippen molar-refractivity contribution >= 4 is 0 Å². The topological polar surface area (TPSA) is 20.2 Å². The average molecular weight is 184 g/mol. The maximum Gasteiger partial charge on any atom is 0.391 e. The van der Waals surface area contributed by atoms with Crippen LogP contribution in [0.2, 0.25) is 0 Å². The highest BCUT2D eigenvalue weighted by atomic mass is 19.4. The average Bonchev–Trinajstić information content (AvgIpc) is 2.08. The Kier molecular flexibility index (Phi) is 5.29. The van der Waals surface area contributed by atoms with Gasteiger partial charge in [0.25, 0.3) is 0 Å². The van der Waals surface area contributed by atoms with E-state index >= 15 is 0 Å². The molecule has 0 heterocycles. The first kappa shape index (κ1) is 11.8. The van der Waals surface area contributed by atoms with Crippen LogP contribution in [0.4, 0.5) is 13.2 Å². The van der Waals surface area contributed by atoms with Crippen LogP contribution in [0.3, 0.4) is 0 Å². The molecule has 4 heteroatoms. The molecule has 1 aliphatic rings. The normalized spacial score (nSPS) is 19.8. The highest BCUT2D eigenvalue weighted by molar-refractivity contribution is 4.71. The predicted octanol–water partition coefficient (Wildman–Crippen LogP) is 2.74. The molecule has 0 unspecified atom stereocenters. The number of hydrogen-bond acceptors (Lipinski definition) is 1. The van der Waals surface area contributed by atoms with Crippen molar-refractivity contribution in [3.05, 3.63) is 0 Å². The van der Waals surface area contributed by atoms with Gasteiger partial charge in [0.1, 0.15) is 0 Å². The summed E-state index contributed by atoms with van der Waals surface area (Å²) in [7, 11) is 1.00. The molecule has 1 rings (SSSR count). The summed E-state index contributed by atoms with van der Waals surface area (Å²) in [5, 5.41) is 7.00. The Morgan fingerprint density at radius 2 is 1.42 bits per heavy atom. The largest absolute Gasteiger partial charge is 0.400 e. The predicted molar refractivity (Wildman–Crippen MR) is 40.8 cm³/mol. The van der Waals surface area contributed by atoms with Gasteiger partial charge in [-0.15, -0.1) is 0 Å². The molecule has 1 aliphatic carbocycles. The highest BCUT2D eigenvalue weighted by Gasteiger charge is 2.39. The lowest BCUT2D eigenvalue weighted by Gasteiger charge is -2.23. The summed E-state index contributed by atoms with van der Waals surface area (Å²) in [5.41, 5.74) is 0. The summed E-state index contributed by atoms with van der Waals surface area (Å²) in [6, 6.07) is 0. The van der Waals surface area contributed by atoms with Crippen molar-refractivity contribution in [2.45, 2.75) is 38.3 Å². The molecule has 0 aliphatic heterocycles. The molecule has 0 aromatic rings. The van der Waals surface area contributed by atoms with Crippen molar-refractivity contribution in [2.24, 2.45) is 5.92 Å². The minimum atomic E-state index is -3.93. The summed E-state index contributed by atoms with van der Waals surface area (Å²) in [5.74, 6) is -0.999. The van der Waals surface area contributed by atoms with Crippen molar-refractivity contribution in [3.63, 3.8) is 0 Å². The SMILES string of the molecule is CO.FC(F)(F)C1CCCCC1. The van der Waals surface area contributed by atoms with E-state index in [1.165, 1.54) is 0 Å². The molecule has 0 bridgehead atoms. The van der Waals surface area contributed by atoms with Gasteiger partial charge in [-0.05, 0) is 12.8 Å². The Morgan fingerprint density at radius 3 is 1.67 bits per heavy atom. The summed E-state index contributed by atoms with van der Waals surface area (Å²) in [6.07, 6.45) is -0.742. The molecule has 0 aromatic carbocycles. The van der Waals surface area contributed by atoms with Crippen LogP contribution in [0.5, 0.6) is 0 Å². The van der Waals surface area contributed by atoms with Crippen LogP contribution in [-0.4, -0.2) is 18.4 Å². The third-order valence-electron chi connectivity index (χ3n) is 2.07. The lowest BCUT2D eigenvalue weighted by atomic mass is 9.89. The number of rotatable bonds is 0. The fourth-order valence-corrected chi connectivity index (χ4v) is 1.43. The zero-order valence-electron chi connectivity index (χ0n) is 7.19. The van der Waals surface area contributed by atoms with Crippen molar-refractivity contribution in [1.82, 2.24) is 0 Å². The standard InChI is InChI=1S/C7H11F3.CH4O/c8-7(9,10)6-4-2-1-3-5-6;1-2/h6H,1-5H2;2H,1H3. The van der Waals surface area contributed by atoms with E-state index in [4.69, 9.17) is 5.11 Å². The Balaban J connectivity index is 0.000000561. The summed E-state index contributed by atoms with van der Waals surface area (Å²) in [4.78, 5) is 0. The molecule has 0 spiro atoms. The van der Waals surface area contributed by atoms with Crippen LogP contribution < -0.4 is 0 Å². The molecule has 1 saturated carbocycles. The Morgan fingerprint density at radius 1 is 1.00 bits per heavy atom. The maximum atomic E-state index is 11.9. The fourth-order valence-electron chi connectivity index (χ4n) is 1.43. The zero-order chi connectivity index (χ0) is 9.61. The molecule has 74 valence electrons. The van der Waals surface area contributed by atoms with E-state index in [0.717, 1.165) is 26.4 Å². The lowest BCUT2D eigenvalue weighted by Crippen LogP contribution is -2.24. The third kappa shape index (κ3) is 3.95. The second-order valence-electron chi connectivity index (χ2n) is 2.88. The van der Waals surface area contributed by atoms with Crippen LogP contribution in [0, 0.1) is 5.92 Å². The van der Waals surface area contributed by atoms with E-state index < -0.39 is 12.1 Å². The molecule has 0 aromatic heterocycles. The first-order chi connectivity index (χ1) is 5.61. The highest BCUT2D eigenvalue weighted by Crippen LogP contribution is 2.37. The number of aliphatic hydroxyl groups is 1. The van der Waals surface area contributed by atoms with Gasteiger partial charge in [0, 0.05) is 7.11 Å². The number of aliphatic hydroxyl groups excluding tert-OH is 1. The molecule has 0 saturated heterocycles. The summed E-state index contributed by atoms with van der Waals surface area (Å²) < 4.78 is 35.8. The molecule has 1 N–H and O–H groups in total. The van der Waals surface area contributed by atoms with Gasteiger partial charge in [-0.1, -0.05) is 19.3 Å². The van der Waals surface area contributed by atoms with Gasteiger partial charge >= 0.3 is 6.18 Å². The van der Waals surface area contributed by atoms with Crippen LogP contribution in [-0.2, 0) is 0 Å². The molecular weight excluding hydrogens is 169 g/mol. The van der Waals surface area contributed by atoms with E-state index in [1.807, 2.05) is 0 Å². The molecule has 0 amide bonds. The smallest absolute Gasteiger partial charge is 0.391 e. The van der Waals surface area contributed by atoms with Gasteiger partial charge in [-0.3, -0.25) is 0 Å². The van der Waals surface area contributed by atoms with Crippen LogP contribution in [0.25, 0.3) is 0 Å². The molecule has 0 radical (unpaired) electrons. The Labute approximate surface area is 70.6 Å². The third-order valence-corrected chi connectivity index (χ3v) is 2.07. The Bertz CT molecular complexity index is 105. The first-order valence-electron chi connectivity index (χ1n) is 4.12. The molecular formula is C8H15F3O. The van der Waals surface area contributed by atoms with Gasteiger partial charge in [-0.25, -0.2) is 0 Å². The van der Waals surface area contributed by atoms with Crippen molar-refractivity contribution < 1.29 is 18.3 Å². The van der Waals surface area contributed by atoms with Crippen molar-refractivity contribution in [3.8, 4) is 0 Å². The van der Waals surface area contributed by atoms with E-state index in [2.05, 4.69) is 0 Å². The van der Waals surface area contributed by atoms with Crippen LogP contribution in [0.1, 0.15) is 32.1 Å². The van der Waals surface area contributed by atoms with Crippen molar-refractivity contribution in [1.29, 1.82) is 0 Å². The molecule has 0 atom stereocenters.